The predicted molar refractivity (Wildman–Crippen MR) is 97.2 cm³/mol. The summed E-state index contributed by atoms with van der Waals surface area (Å²) >= 11 is 0. The zero-order valence-corrected chi connectivity index (χ0v) is 14.0. The lowest BCUT2D eigenvalue weighted by Gasteiger charge is -2.07. The molecule has 0 fully saturated rings. The predicted octanol–water partition coefficient (Wildman–Crippen LogP) is 2.25. The van der Waals surface area contributed by atoms with Crippen LogP contribution in [0.15, 0.2) is 70.6 Å². The van der Waals surface area contributed by atoms with Gasteiger partial charge in [-0.2, -0.15) is 5.10 Å². The van der Waals surface area contributed by atoms with Crippen molar-refractivity contribution in [3.8, 4) is 5.69 Å². The van der Waals surface area contributed by atoms with E-state index in [1.165, 1.54) is 6.21 Å². The van der Waals surface area contributed by atoms with E-state index in [9.17, 15) is 9.59 Å². The smallest absolute Gasteiger partial charge is 0.280 e. The molecule has 2 aromatic carbocycles. The van der Waals surface area contributed by atoms with Crippen LogP contribution in [-0.4, -0.2) is 21.5 Å². The van der Waals surface area contributed by atoms with Crippen molar-refractivity contribution in [1.82, 2.24) is 14.8 Å². The number of carbonyl (C=O) groups is 1. The van der Waals surface area contributed by atoms with Crippen molar-refractivity contribution in [3.63, 3.8) is 0 Å². The van der Waals surface area contributed by atoms with Gasteiger partial charge in [-0.15, -0.1) is 0 Å². The summed E-state index contributed by atoms with van der Waals surface area (Å²) in [7, 11) is 1.81. The van der Waals surface area contributed by atoms with Gasteiger partial charge in [0, 0.05) is 18.3 Å². The Bertz CT molecular complexity index is 970. The van der Waals surface area contributed by atoms with Crippen molar-refractivity contribution in [2.45, 2.75) is 6.92 Å². The molecule has 0 radical (unpaired) electrons. The van der Waals surface area contributed by atoms with Crippen LogP contribution in [-0.2, 0) is 7.05 Å². The Balaban J connectivity index is 1.86. The zero-order chi connectivity index (χ0) is 17.8. The van der Waals surface area contributed by atoms with Crippen LogP contribution in [0.5, 0.6) is 0 Å². The topological polar surface area (TPSA) is 68.4 Å². The number of hydrogen-bond acceptors (Lipinski definition) is 3. The summed E-state index contributed by atoms with van der Waals surface area (Å²) in [6, 6.07) is 18.1. The molecule has 1 aromatic heterocycles. The van der Waals surface area contributed by atoms with Crippen LogP contribution in [0, 0.1) is 6.92 Å². The zero-order valence-electron chi connectivity index (χ0n) is 14.0. The maximum absolute atomic E-state index is 12.7. The van der Waals surface area contributed by atoms with Gasteiger partial charge in [0.05, 0.1) is 17.5 Å². The summed E-state index contributed by atoms with van der Waals surface area (Å²) in [4.78, 5) is 24.7. The number of benzene rings is 2. The molecule has 3 aromatic rings. The second-order valence-electron chi connectivity index (χ2n) is 5.54. The molecule has 0 unspecified atom stereocenters. The molecule has 0 aliphatic heterocycles. The number of hydrogen-bond donors (Lipinski definition) is 1. The van der Waals surface area contributed by atoms with Gasteiger partial charge < -0.3 is 0 Å². The molecule has 0 bridgehead atoms. The van der Waals surface area contributed by atoms with Crippen LogP contribution in [0.25, 0.3) is 5.69 Å². The van der Waals surface area contributed by atoms with Crippen LogP contribution in [0.4, 0.5) is 0 Å². The Kier molecular flexibility index (Phi) is 4.61. The van der Waals surface area contributed by atoms with Gasteiger partial charge in [0.15, 0.2) is 0 Å². The second kappa shape index (κ2) is 7.00. The molecule has 1 heterocycles. The van der Waals surface area contributed by atoms with E-state index < -0.39 is 0 Å². The largest absolute Gasteiger partial charge is 0.285 e. The number of nitrogens with zero attached hydrogens (tertiary/aromatic N) is 3. The lowest BCUT2D eigenvalue weighted by Crippen LogP contribution is -2.21. The maximum Gasteiger partial charge on any atom is 0.280 e. The summed E-state index contributed by atoms with van der Waals surface area (Å²) < 4.78 is 3.33. The molecule has 6 nitrogen and oxygen atoms in total. The molecule has 1 amide bonds. The van der Waals surface area contributed by atoms with Gasteiger partial charge in [-0.1, -0.05) is 36.4 Å². The minimum Gasteiger partial charge on any atom is -0.285 e. The van der Waals surface area contributed by atoms with Gasteiger partial charge in [0.2, 0.25) is 0 Å². The first kappa shape index (κ1) is 16.4. The molecule has 0 spiro atoms. The van der Waals surface area contributed by atoms with E-state index in [1.807, 2.05) is 50.4 Å². The highest BCUT2D eigenvalue weighted by atomic mass is 16.2. The molecule has 0 aliphatic carbocycles. The van der Waals surface area contributed by atoms with Crippen LogP contribution < -0.4 is 11.0 Å². The number of rotatable bonds is 4. The van der Waals surface area contributed by atoms with E-state index in [0.717, 1.165) is 11.4 Å². The van der Waals surface area contributed by atoms with Crippen LogP contribution in [0.2, 0.25) is 0 Å². The summed E-state index contributed by atoms with van der Waals surface area (Å²) in [6.45, 7) is 1.83. The lowest BCUT2D eigenvalue weighted by molar-refractivity contribution is 0.0955. The molecule has 6 heteroatoms. The van der Waals surface area contributed by atoms with Crippen molar-refractivity contribution in [2.24, 2.45) is 12.1 Å². The van der Waals surface area contributed by atoms with E-state index in [0.29, 0.717) is 11.1 Å². The highest BCUT2D eigenvalue weighted by molar-refractivity contribution is 5.94. The summed E-state index contributed by atoms with van der Waals surface area (Å²) in [5.74, 6) is -0.325. The number of para-hydroxylation sites is 1. The number of amides is 1. The Labute approximate surface area is 145 Å². The fraction of sp³-hybridized carbons (Fsp3) is 0.105. The third-order valence-corrected chi connectivity index (χ3v) is 3.99. The average molecular weight is 334 g/mol. The van der Waals surface area contributed by atoms with Gasteiger partial charge in [-0.3, -0.25) is 14.3 Å². The van der Waals surface area contributed by atoms with Crippen LogP contribution in [0.1, 0.15) is 21.6 Å². The highest BCUT2D eigenvalue weighted by Crippen LogP contribution is 2.08. The summed E-state index contributed by atoms with van der Waals surface area (Å²) in [5.41, 5.74) is 4.71. The minimum atomic E-state index is -0.325. The molecular weight excluding hydrogens is 316 g/mol. The van der Waals surface area contributed by atoms with E-state index in [1.54, 1.807) is 33.6 Å². The first-order chi connectivity index (χ1) is 12.1. The number of hydrazone groups is 1. The van der Waals surface area contributed by atoms with Crippen molar-refractivity contribution >= 4 is 12.1 Å². The van der Waals surface area contributed by atoms with Gasteiger partial charge in [-0.05, 0) is 31.2 Å². The summed E-state index contributed by atoms with van der Waals surface area (Å²) in [6.07, 6.45) is 1.39. The van der Waals surface area contributed by atoms with Crippen molar-refractivity contribution < 1.29 is 4.79 Å². The van der Waals surface area contributed by atoms with Gasteiger partial charge in [0.1, 0.15) is 0 Å². The monoisotopic (exact) mass is 334 g/mol. The molecular formula is C19H18N4O2. The molecule has 0 aliphatic rings. The third-order valence-electron chi connectivity index (χ3n) is 3.99. The summed E-state index contributed by atoms with van der Waals surface area (Å²) in [5, 5.41) is 3.94. The fourth-order valence-corrected chi connectivity index (χ4v) is 2.55. The molecule has 0 saturated carbocycles. The second-order valence-corrected chi connectivity index (χ2v) is 5.54. The van der Waals surface area contributed by atoms with E-state index in [4.69, 9.17) is 0 Å². The standard InChI is InChI=1S/C19H18N4O2/c1-14-17(13-20-21-18(24)15-9-5-3-6-10-15)19(25)23(22(14)2)16-11-7-4-8-12-16/h3-13H,1-2H3,(H,21,24)/b20-13-. The Morgan fingerprint density at radius 2 is 1.64 bits per heavy atom. The molecule has 1 N–H and O–H groups in total. The third kappa shape index (κ3) is 3.28. The van der Waals surface area contributed by atoms with Crippen molar-refractivity contribution in [2.75, 3.05) is 0 Å². The molecule has 3 rings (SSSR count). The SMILES string of the molecule is Cc1c(/C=N\NC(=O)c2ccccc2)c(=O)n(-c2ccccc2)n1C. The first-order valence-corrected chi connectivity index (χ1v) is 7.82. The molecule has 0 atom stereocenters. The van der Waals surface area contributed by atoms with Gasteiger partial charge >= 0.3 is 0 Å². The number of carbonyl (C=O) groups excluding carboxylic acids is 1. The van der Waals surface area contributed by atoms with Gasteiger partial charge in [-0.25, -0.2) is 10.1 Å². The highest BCUT2D eigenvalue weighted by Gasteiger charge is 2.14. The quantitative estimate of drug-likeness (QED) is 0.587. The van der Waals surface area contributed by atoms with Crippen molar-refractivity contribution in [3.05, 3.63) is 87.8 Å². The lowest BCUT2D eigenvalue weighted by atomic mass is 10.2. The van der Waals surface area contributed by atoms with E-state index in [-0.39, 0.29) is 11.5 Å². The Morgan fingerprint density at radius 3 is 2.28 bits per heavy atom. The Morgan fingerprint density at radius 1 is 1.04 bits per heavy atom. The number of aromatic nitrogens is 2. The Hall–Kier alpha value is -3.41. The molecule has 0 saturated heterocycles. The maximum atomic E-state index is 12.7. The number of nitrogens with one attached hydrogen (secondary N) is 1. The first-order valence-electron chi connectivity index (χ1n) is 7.82. The molecule has 126 valence electrons. The van der Waals surface area contributed by atoms with E-state index in [2.05, 4.69) is 10.5 Å². The van der Waals surface area contributed by atoms with E-state index >= 15 is 0 Å². The fourth-order valence-electron chi connectivity index (χ4n) is 2.55. The normalized spacial score (nSPS) is 11.0. The molecule has 25 heavy (non-hydrogen) atoms. The van der Waals surface area contributed by atoms with Gasteiger partial charge in [0.25, 0.3) is 11.5 Å². The average Bonchev–Trinajstić information content (AvgIpc) is 2.86. The van der Waals surface area contributed by atoms with Crippen LogP contribution in [0.3, 0.4) is 0 Å². The minimum absolute atomic E-state index is 0.191. The van der Waals surface area contributed by atoms with Crippen LogP contribution >= 0.6 is 0 Å². The van der Waals surface area contributed by atoms with Crippen molar-refractivity contribution in [1.29, 1.82) is 0 Å².